The zero-order valence-corrected chi connectivity index (χ0v) is 25.8. The van der Waals surface area contributed by atoms with Crippen molar-refractivity contribution >= 4 is 21.7 Å². The number of alkyl halides is 3. The molecule has 0 radical (unpaired) electrons. The number of hydrogen-bond acceptors (Lipinski definition) is 6. The van der Waals surface area contributed by atoms with Gasteiger partial charge in [0.1, 0.15) is 0 Å². The summed E-state index contributed by atoms with van der Waals surface area (Å²) < 4.78 is 65.1. The van der Waals surface area contributed by atoms with E-state index in [1.807, 2.05) is 6.92 Å². The smallest absolute Gasteiger partial charge is 0.370 e. The van der Waals surface area contributed by atoms with Crippen LogP contribution in [0.2, 0.25) is 0 Å². The predicted molar refractivity (Wildman–Crippen MR) is 159 cm³/mol. The first-order valence-electron chi connectivity index (χ1n) is 14.7. The highest BCUT2D eigenvalue weighted by atomic mass is 32.2. The van der Waals surface area contributed by atoms with Gasteiger partial charge < -0.3 is 20.4 Å². The Morgan fingerprint density at radius 3 is 2.47 bits per heavy atom. The number of hydrogen-bond donors (Lipinski definition) is 2. The van der Waals surface area contributed by atoms with Crippen molar-refractivity contribution < 1.29 is 31.2 Å². The molecule has 1 atom stereocenters. The number of halogens is 3. The number of likely N-dealkylation sites (N-methyl/N-ethyl adjacent to an activating group) is 1. The highest BCUT2D eigenvalue weighted by Gasteiger charge is 2.32. The Hall–Kier alpha value is -3.12. The third kappa shape index (κ3) is 8.95. The molecule has 0 saturated carbocycles. The first kappa shape index (κ1) is 32.8. The molecule has 0 bridgehead atoms. The van der Waals surface area contributed by atoms with Crippen LogP contribution in [0.5, 0.6) is 0 Å². The van der Waals surface area contributed by atoms with E-state index in [1.165, 1.54) is 18.2 Å². The van der Waals surface area contributed by atoms with Crippen LogP contribution in [-0.4, -0.2) is 75.6 Å². The first-order chi connectivity index (χ1) is 20.2. The standard InChI is InChI=1S/C31H41F3N4O4S/c1-21-7-4-11-26(43(3,41)42)19-27(36-30(40)23-8-5-9-24(18-23)31(32,33)34)29(21)38-15-12-22(13-16-38)17-28(39)35-25-10-6-14-37(2)20-25/h5,8-9,11,18-19,22,25H,4,6-7,10,12-17,20H2,1-3H3,(H,35,39)(H,36,40). The molecule has 2 amide bonds. The van der Waals surface area contributed by atoms with Crippen molar-refractivity contribution in [2.24, 2.45) is 5.92 Å². The largest absolute Gasteiger partial charge is 0.416 e. The van der Waals surface area contributed by atoms with E-state index >= 15 is 0 Å². The molecule has 0 aromatic heterocycles. The van der Waals surface area contributed by atoms with Gasteiger partial charge in [-0.15, -0.1) is 0 Å². The second-order valence-corrected chi connectivity index (χ2v) is 14.0. The third-order valence-electron chi connectivity index (χ3n) is 8.33. The van der Waals surface area contributed by atoms with E-state index < -0.39 is 27.5 Å². The summed E-state index contributed by atoms with van der Waals surface area (Å²) in [5.74, 6) is -0.529. The minimum atomic E-state index is -4.61. The van der Waals surface area contributed by atoms with Crippen LogP contribution in [0.4, 0.5) is 13.2 Å². The van der Waals surface area contributed by atoms with Gasteiger partial charge in [-0.2, -0.15) is 13.2 Å². The van der Waals surface area contributed by atoms with E-state index in [-0.39, 0.29) is 34.0 Å². The van der Waals surface area contributed by atoms with Gasteiger partial charge in [-0.1, -0.05) is 12.1 Å². The number of carbonyl (C=O) groups excluding carboxylic acids is 2. The van der Waals surface area contributed by atoms with Crippen LogP contribution >= 0.6 is 0 Å². The molecule has 43 heavy (non-hydrogen) atoms. The van der Waals surface area contributed by atoms with E-state index in [4.69, 9.17) is 0 Å². The van der Waals surface area contributed by atoms with Crippen LogP contribution in [0, 0.1) is 5.92 Å². The summed E-state index contributed by atoms with van der Waals surface area (Å²) in [6.07, 6.45) is 4.44. The first-order valence-corrected chi connectivity index (χ1v) is 16.6. The molecule has 1 aromatic rings. The average Bonchev–Trinajstić information content (AvgIpc) is 2.91. The zero-order valence-electron chi connectivity index (χ0n) is 25.0. The average molecular weight is 623 g/mol. The van der Waals surface area contributed by atoms with Crippen LogP contribution in [0.1, 0.15) is 67.8 Å². The van der Waals surface area contributed by atoms with Gasteiger partial charge in [0.2, 0.25) is 5.91 Å². The highest BCUT2D eigenvalue weighted by molar-refractivity contribution is 7.94. The summed E-state index contributed by atoms with van der Waals surface area (Å²) in [6, 6.07) is 4.30. The fourth-order valence-corrected chi connectivity index (χ4v) is 6.82. The predicted octanol–water partition coefficient (Wildman–Crippen LogP) is 4.63. The van der Waals surface area contributed by atoms with Crippen LogP contribution in [-0.2, 0) is 20.8 Å². The lowest BCUT2D eigenvalue weighted by molar-refractivity contribution is -0.137. The summed E-state index contributed by atoms with van der Waals surface area (Å²) in [6.45, 7) is 4.98. The molecule has 2 saturated heterocycles. The number of nitrogens with one attached hydrogen (secondary N) is 2. The van der Waals surface area contributed by atoms with Crippen LogP contribution in [0.3, 0.4) is 0 Å². The summed E-state index contributed by atoms with van der Waals surface area (Å²) in [5, 5.41) is 5.91. The minimum Gasteiger partial charge on any atom is -0.370 e. The van der Waals surface area contributed by atoms with Crippen molar-refractivity contribution in [3.05, 3.63) is 69.4 Å². The Bertz CT molecular complexity index is 1410. The van der Waals surface area contributed by atoms with Crippen molar-refractivity contribution in [1.29, 1.82) is 0 Å². The fraction of sp³-hybridized carbons (Fsp3) is 0.548. The quantitative estimate of drug-likeness (QED) is 0.461. The lowest BCUT2D eigenvalue weighted by Gasteiger charge is -2.37. The number of rotatable bonds is 7. The maximum atomic E-state index is 13.3. The third-order valence-corrected chi connectivity index (χ3v) is 9.47. The number of carbonyl (C=O) groups is 2. The van der Waals surface area contributed by atoms with E-state index in [2.05, 4.69) is 27.5 Å². The number of amides is 2. The summed E-state index contributed by atoms with van der Waals surface area (Å²) in [7, 11) is -1.58. The molecule has 2 aliphatic heterocycles. The van der Waals surface area contributed by atoms with Crippen LogP contribution < -0.4 is 10.6 Å². The SMILES string of the molecule is CC1=C(N2CCC(CC(=O)NC3CCCN(C)C3)CC2)C(NC(=O)c2cccc(C(F)(F)F)c2)=CC(S(C)(=O)=O)=CCC1. The Morgan fingerprint density at radius 1 is 1.09 bits per heavy atom. The molecular formula is C31H41F3N4O4S. The topological polar surface area (TPSA) is 98.8 Å². The van der Waals surface area contributed by atoms with E-state index in [0.29, 0.717) is 38.0 Å². The van der Waals surface area contributed by atoms with Crippen molar-refractivity contribution in [1.82, 2.24) is 20.4 Å². The van der Waals surface area contributed by atoms with E-state index in [0.717, 1.165) is 62.7 Å². The van der Waals surface area contributed by atoms with Gasteiger partial charge in [0, 0.05) is 43.9 Å². The molecule has 2 N–H and O–H groups in total. The molecule has 2 heterocycles. The number of allylic oxidation sites excluding steroid dienone is 3. The van der Waals surface area contributed by atoms with Crippen molar-refractivity contribution in [2.75, 3.05) is 39.5 Å². The molecular weight excluding hydrogens is 581 g/mol. The van der Waals surface area contributed by atoms with Crippen molar-refractivity contribution in [3.63, 3.8) is 0 Å². The van der Waals surface area contributed by atoms with Gasteiger partial charge in [-0.05, 0) is 94.8 Å². The van der Waals surface area contributed by atoms with Gasteiger partial charge in [-0.25, -0.2) is 8.42 Å². The second-order valence-electron chi connectivity index (χ2n) is 11.9. The summed E-state index contributed by atoms with van der Waals surface area (Å²) in [4.78, 5) is 30.4. The number of likely N-dealkylation sites (tertiary alicyclic amines) is 2. The number of sulfone groups is 1. The van der Waals surface area contributed by atoms with Gasteiger partial charge in [-0.3, -0.25) is 9.59 Å². The van der Waals surface area contributed by atoms with Crippen LogP contribution in [0.25, 0.3) is 0 Å². The van der Waals surface area contributed by atoms with Crippen molar-refractivity contribution in [3.8, 4) is 0 Å². The maximum Gasteiger partial charge on any atom is 0.416 e. The monoisotopic (exact) mass is 622 g/mol. The molecule has 0 spiro atoms. The zero-order chi connectivity index (χ0) is 31.4. The second kappa shape index (κ2) is 13.7. The molecule has 236 valence electrons. The van der Waals surface area contributed by atoms with Gasteiger partial charge in [0.05, 0.1) is 21.9 Å². The lowest BCUT2D eigenvalue weighted by Crippen LogP contribution is -2.47. The number of nitrogens with zero attached hydrogens (tertiary/aromatic N) is 2. The van der Waals surface area contributed by atoms with Gasteiger partial charge in [0.15, 0.2) is 9.84 Å². The molecule has 2 fully saturated rings. The molecule has 1 unspecified atom stereocenters. The Labute approximate surface area is 252 Å². The molecule has 3 aliphatic rings. The van der Waals surface area contributed by atoms with E-state index in [1.54, 1.807) is 6.08 Å². The number of piperidine rings is 2. The Morgan fingerprint density at radius 2 is 1.81 bits per heavy atom. The molecule has 8 nitrogen and oxygen atoms in total. The minimum absolute atomic E-state index is 0.0387. The van der Waals surface area contributed by atoms with Gasteiger partial charge >= 0.3 is 6.18 Å². The van der Waals surface area contributed by atoms with Crippen molar-refractivity contribution in [2.45, 2.75) is 64.1 Å². The highest BCUT2D eigenvalue weighted by Crippen LogP contribution is 2.32. The van der Waals surface area contributed by atoms with E-state index in [9.17, 15) is 31.2 Å². The van der Waals surface area contributed by atoms with Crippen LogP contribution in [0.15, 0.2) is 58.3 Å². The van der Waals surface area contributed by atoms with Gasteiger partial charge in [0.25, 0.3) is 5.91 Å². The normalized spacial score (nSPS) is 21.4. The molecule has 4 rings (SSSR count). The maximum absolute atomic E-state index is 13.3. The number of benzene rings is 1. The summed E-state index contributed by atoms with van der Waals surface area (Å²) in [5.41, 5.74) is 0.694. The Kier molecular flexibility index (Phi) is 10.4. The lowest BCUT2D eigenvalue weighted by atomic mass is 9.91. The molecule has 12 heteroatoms. The Balaban J connectivity index is 1.52. The fourth-order valence-electron chi connectivity index (χ4n) is 6.07. The molecule has 1 aliphatic carbocycles. The summed E-state index contributed by atoms with van der Waals surface area (Å²) >= 11 is 0. The molecule has 1 aromatic carbocycles.